The number of nitrogens with one attached hydrogen (secondary N) is 1. The van der Waals surface area contributed by atoms with Gasteiger partial charge in [0.15, 0.2) is 5.16 Å². The highest BCUT2D eigenvalue weighted by Crippen LogP contribution is 2.39. The molecule has 1 saturated carbocycles. The van der Waals surface area contributed by atoms with E-state index in [1.807, 2.05) is 4.57 Å². The minimum absolute atomic E-state index is 0.118. The molecule has 0 bridgehead atoms. The fourth-order valence-corrected chi connectivity index (χ4v) is 3.49. The molecule has 1 aliphatic rings. The number of rotatable bonds is 8. The third-order valence-electron chi connectivity index (χ3n) is 4.08. The Balaban J connectivity index is 1.65. The van der Waals surface area contributed by atoms with Crippen LogP contribution in [0.1, 0.15) is 36.7 Å². The first kappa shape index (κ1) is 20.2. The van der Waals surface area contributed by atoms with Crippen molar-refractivity contribution in [3.8, 4) is 0 Å². The van der Waals surface area contributed by atoms with Gasteiger partial charge < -0.3 is 15.6 Å². The van der Waals surface area contributed by atoms with E-state index in [1.165, 1.54) is 18.2 Å². The van der Waals surface area contributed by atoms with Gasteiger partial charge >= 0.3 is 6.18 Å². The minimum atomic E-state index is -4.56. The number of halogens is 3. The van der Waals surface area contributed by atoms with E-state index in [1.54, 1.807) is 0 Å². The number of benzene rings is 1. The number of thioether (sulfide) groups is 1. The van der Waals surface area contributed by atoms with Crippen molar-refractivity contribution in [2.24, 2.45) is 5.73 Å². The average molecular weight is 413 g/mol. The summed E-state index contributed by atoms with van der Waals surface area (Å²) in [5.74, 6) is -0.521. The molecular formula is C17H18F3N5O2S. The Morgan fingerprint density at radius 1 is 1.25 bits per heavy atom. The van der Waals surface area contributed by atoms with Crippen LogP contribution in [0.15, 0.2) is 29.4 Å². The number of nitrogens with zero attached hydrogens (tertiary/aromatic N) is 3. The first-order valence-corrected chi connectivity index (χ1v) is 9.55. The molecule has 1 aromatic heterocycles. The Kier molecular flexibility index (Phi) is 5.92. The number of carbonyl (C=O) groups excluding carboxylic acids is 2. The lowest BCUT2D eigenvalue weighted by Gasteiger charge is -2.13. The van der Waals surface area contributed by atoms with Gasteiger partial charge in [-0.2, -0.15) is 13.2 Å². The number of carbonyl (C=O) groups is 2. The summed E-state index contributed by atoms with van der Waals surface area (Å²) in [6, 6.07) is 5.03. The van der Waals surface area contributed by atoms with Gasteiger partial charge in [-0.15, -0.1) is 10.2 Å². The van der Waals surface area contributed by atoms with Crippen LogP contribution < -0.4 is 11.1 Å². The standard InChI is InChI=1S/C17H18F3N5O2S/c18-17(19,20)11-3-1-2-4-12(11)22-15(27)9-28-16-24-23-14(8-7-13(21)26)25(16)10-5-6-10/h1-4,10H,5-9H2,(H2,21,26)(H,22,27). The minimum Gasteiger partial charge on any atom is -0.370 e. The van der Waals surface area contributed by atoms with Crippen LogP contribution in [0, 0.1) is 0 Å². The summed E-state index contributed by atoms with van der Waals surface area (Å²) in [6.07, 6.45) is -2.17. The SMILES string of the molecule is NC(=O)CCc1nnc(SCC(=O)Nc2ccccc2C(F)(F)F)n1C1CC1. The third-order valence-corrected chi connectivity index (χ3v) is 5.02. The molecule has 0 unspecified atom stereocenters. The Morgan fingerprint density at radius 2 is 1.96 bits per heavy atom. The number of hydrogen-bond acceptors (Lipinski definition) is 5. The normalized spacial score (nSPS) is 14.1. The highest BCUT2D eigenvalue weighted by molar-refractivity contribution is 7.99. The van der Waals surface area contributed by atoms with Crippen molar-refractivity contribution in [3.05, 3.63) is 35.7 Å². The molecular weight excluding hydrogens is 395 g/mol. The fourth-order valence-electron chi connectivity index (χ4n) is 2.67. The van der Waals surface area contributed by atoms with Gasteiger partial charge in [0.25, 0.3) is 0 Å². The smallest absolute Gasteiger partial charge is 0.370 e. The molecule has 1 aromatic carbocycles. The monoisotopic (exact) mass is 413 g/mol. The van der Waals surface area contributed by atoms with Gasteiger partial charge in [0.1, 0.15) is 5.82 Å². The molecule has 0 spiro atoms. The maximum absolute atomic E-state index is 13.0. The summed E-state index contributed by atoms with van der Waals surface area (Å²) in [6.45, 7) is 0. The van der Waals surface area contributed by atoms with Crippen molar-refractivity contribution in [2.45, 2.75) is 43.1 Å². The van der Waals surface area contributed by atoms with Crippen molar-refractivity contribution in [3.63, 3.8) is 0 Å². The zero-order chi connectivity index (χ0) is 20.3. The third kappa shape index (κ3) is 5.03. The number of amides is 2. The summed E-state index contributed by atoms with van der Waals surface area (Å²) >= 11 is 1.09. The number of nitrogens with two attached hydrogens (primary N) is 1. The number of alkyl halides is 3. The van der Waals surface area contributed by atoms with Crippen molar-refractivity contribution >= 4 is 29.3 Å². The van der Waals surface area contributed by atoms with Crippen LogP contribution in [0.5, 0.6) is 0 Å². The van der Waals surface area contributed by atoms with E-state index >= 15 is 0 Å². The maximum atomic E-state index is 13.0. The molecule has 2 aromatic rings. The molecule has 1 fully saturated rings. The van der Waals surface area contributed by atoms with Gasteiger partial charge in [0.2, 0.25) is 11.8 Å². The van der Waals surface area contributed by atoms with E-state index in [-0.39, 0.29) is 23.9 Å². The van der Waals surface area contributed by atoms with Crippen LogP contribution in [0.2, 0.25) is 0 Å². The highest BCUT2D eigenvalue weighted by Gasteiger charge is 2.34. The number of aromatic nitrogens is 3. The fraction of sp³-hybridized carbons (Fsp3) is 0.412. The van der Waals surface area contributed by atoms with Crippen LogP contribution in [-0.4, -0.2) is 32.3 Å². The van der Waals surface area contributed by atoms with Gasteiger partial charge in [0, 0.05) is 18.9 Å². The van der Waals surface area contributed by atoms with E-state index < -0.39 is 23.6 Å². The summed E-state index contributed by atoms with van der Waals surface area (Å²) < 4.78 is 40.9. The van der Waals surface area contributed by atoms with Crippen molar-refractivity contribution in [1.29, 1.82) is 0 Å². The summed E-state index contributed by atoms with van der Waals surface area (Å²) in [5.41, 5.74) is 3.98. The lowest BCUT2D eigenvalue weighted by atomic mass is 10.1. The van der Waals surface area contributed by atoms with Crippen molar-refractivity contribution in [2.75, 3.05) is 11.1 Å². The lowest BCUT2D eigenvalue weighted by molar-refractivity contribution is -0.137. The Morgan fingerprint density at radius 3 is 2.61 bits per heavy atom. The second kappa shape index (κ2) is 8.21. The first-order chi connectivity index (χ1) is 13.3. The molecule has 0 radical (unpaired) electrons. The molecule has 7 nitrogen and oxygen atoms in total. The second-order valence-electron chi connectivity index (χ2n) is 6.35. The lowest BCUT2D eigenvalue weighted by Crippen LogP contribution is -2.18. The molecule has 1 aliphatic carbocycles. The van der Waals surface area contributed by atoms with E-state index in [9.17, 15) is 22.8 Å². The van der Waals surface area contributed by atoms with Gasteiger partial charge in [0.05, 0.1) is 17.0 Å². The largest absolute Gasteiger partial charge is 0.418 e. The Labute approximate surface area is 162 Å². The van der Waals surface area contributed by atoms with Crippen molar-refractivity contribution in [1.82, 2.24) is 14.8 Å². The molecule has 3 N–H and O–H groups in total. The van der Waals surface area contributed by atoms with Crippen LogP contribution in [0.4, 0.5) is 18.9 Å². The average Bonchev–Trinajstić information content (AvgIpc) is 3.38. The van der Waals surface area contributed by atoms with E-state index in [0.29, 0.717) is 17.4 Å². The number of anilines is 1. The van der Waals surface area contributed by atoms with Crippen LogP contribution >= 0.6 is 11.8 Å². The highest BCUT2D eigenvalue weighted by atomic mass is 32.2. The maximum Gasteiger partial charge on any atom is 0.418 e. The van der Waals surface area contributed by atoms with Gasteiger partial charge in [-0.1, -0.05) is 23.9 Å². The van der Waals surface area contributed by atoms with Crippen LogP contribution in [0.3, 0.4) is 0 Å². The molecule has 0 atom stereocenters. The summed E-state index contributed by atoms with van der Waals surface area (Å²) in [4.78, 5) is 23.2. The Bertz CT molecular complexity index is 880. The Hall–Kier alpha value is -2.56. The number of para-hydroxylation sites is 1. The molecule has 28 heavy (non-hydrogen) atoms. The predicted molar refractivity (Wildman–Crippen MR) is 96.6 cm³/mol. The summed E-state index contributed by atoms with van der Waals surface area (Å²) in [5, 5.41) is 10.9. The zero-order valence-electron chi connectivity index (χ0n) is 14.7. The molecule has 2 amide bonds. The molecule has 0 aliphatic heterocycles. The number of primary amides is 1. The van der Waals surface area contributed by atoms with E-state index in [0.717, 1.165) is 30.7 Å². The second-order valence-corrected chi connectivity index (χ2v) is 7.29. The number of aryl methyl sites for hydroxylation is 1. The quantitative estimate of drug-likeness (QED) is 0.648. The van der Waals surface area contributed by atoms with Crippen LogP contribution in [-0.2, 0) is 22.2 Å². The zero-order valence-corrected chi connectivity index (χ0v) is 15.5. The van der Waals surface area contributed by atoms with Crippen LogP contribution in [0.25, 0.3) is 0 Å². The topological polar surface area (TPSA) is 103 Å². The number of hydrogen-bond donors (Lipinski definition) is 2. The first-order valence-electron chi connectivity index (χ1n) is 8.56. The summed E-state index contributed by atoms with van der Waals surface area (Å²) in [7, 11) is 0. The van der Waals surface area contributed by atoms with E-state index in [2.05, 4.69) is 15.5 Å². The molecule has 3 rings (SSSR count). The van der Waals surface area contributed by atoms with E-state index in [4.69, 9.17) is 5.73 Å². The molecule has 11 heteroatoms. The van der Waals surface area contributed by atoms with Gasteiger partial charge in [-0.05, 0) is 25.0 Å². The molecule has 1 heterocycles. The van der Waals surface area contributed by atoms with Gasteiger partial charge in [-0.25, -0.2) is 0 Å². The van der Waals surface area contributed by atoms with Crippen molar-refractivity contribution < 1.29 is 22.8 Å². The van der Waals surface area contributed by atoms with Gasteiger partial charge in [-0.3, -0.25) is 9.59 Å². The molecule has 150 valence electrons. The molecule has 0 saturated heterocycles. The predicted octanol–water partition coefficient (Wildman–Crippen LogP) is 2.78.